The molecule has 0 heterocycles. The van der Waals surface area contributed by atoms with Gasteiger partial charge in [0, 0.05) is 6.42 Å². The Morgan fingerprint density at radius 2 is 1.64 bits per heavy atom. The maximum absolute atomic E-state index is 12.0. The molecule has 1 aromatic carbocycles. The van der Waals surface area contributed by atoms with Crippen LogP contribution in [0.3, 0.4) is 0 Å². The van der Waals surface area contributed by atoms with E-state index in [-0.39, 0.29) is 11.4 Å². The highest BCUT2D eigenvalue weighted by Crippen LogP contribution is 2.34. The summed E-state index contributed by atoms with van der Waals surface area (Å²) in [5, 5.41) is 10.3. The molecule has 160 valence electrons. The number of hydrogen-bond donors (Lipinski definition) is 1. The lowest BCUT2D eigenvalue weighted by Crippen LogP contribution is -2.13. The molecule has 0 unspecified atom stereocenters. The van der Waals surface area contributed by atoms with E-state index in [0.717, 1.165) is 35.4 Å². The molecule has 0 fully saturated rings. The van der Waals surface area contributed by atoms with Gasteiger partial charge >= 0.3 is 5.97 Å². The van der Waals surface area contributed by atoms with E-state index in [1.807, 2.05) is 19.1 Å². The van der Waals surface area contributed by atoms with Crippen LogP contribution in [0.1, 0.15) is 103 Å². The first-order valence-corrected chi connectivity index (χ1v) is 11.1. The second-order valence-corrected chi connectivity index (χ2v) is 9.58. The fraction of sp³-hybridized carbons (Fsp3) is 0.720. The number of carbonyl (C=O) groups is 1. The Balaban J connectivity index is 2.24. The van der Waals surface area contributed by atoms with Gasteiger partial charge in [-0.15, -0.1) is 0 Å². The van der Waals surface area contributed by atoms with Crippen LogP contribution in [0.25, 0.3) is 0 Å². The van der Waals surface area contributed by atoms with Gasteiger partial charge in [-0.05, 0) is 47.8 Å². The van der Waals surface area contributed by atoms with Crippen LogP contribution < -0.4 is 0 Å². The minimum absolute atomic E-state index is 0.125. The largest absolute Gasteiger partial charge is 0.507 e. The van der Waals surface area contributed by atoms with Gasteiger partial charge in [-0.1, -0.05) is 85.3 Å². The number of unbranched alkanes of at least 4 members (excludes halogenated alkanes) is 5. The first-order chi connectivity index (χ1) is 13.1. The van der Waals surface area contributed by atoms with E-state index in [2.05, 4.69) is 34.6 Å². The molecule has 0 atom stereocenters. The van der Waals surface area contributed by atoms with Crippen LogP contribution in [0.15, 0.2) is 12.1 Å². The van der Waals surface area contributed by atoms with Crippen LogP contribution in [0, 0.1) is 12.8 Å². The first-order valence-electron chi connectivity index (χ1n) is 11.1. The number of aromatic hydroxyl groups is 1. The third-order valence-corrected chi connectivity index (χ3v) is 5.22. The summed E-state index contributed by atoms with van der Waals surface area (Å²) in [6.07, 6.45) is 9.65. The van der Waals surface area contributed by atoms with Crippen molar-refractivity contribution in [3.63, 3.8) is 0 Å². The maximum Gasteiger partial charge on any atom is 0.306 e. The molecule has 1 aromatic rings. The Morgan fingerprint density at radius 1 is 1.04 bits per heavy atom. The number of ether oxygens (including phenoxy) is 1. The second kappa shape index (κ2) is 12.1. The summed E-state index contributed by atoms with van der Waals surface area (Å²) in [5.41, 5.74) is 2.76. The molecule has 0 aliphatic rings. The van der Waals surface area contributed by atoms with Crippen LogP contribution in [0.5, 0.6) is 5.75 Å². The average Bonchev–Trinajstić information content (AvgIpc) is 2.59. The van der Waals surface area contributed by atoms with Gasteiger partial charge in [-0.25, -0.2) is 0 Å². The number of aryl methyl sites for hydroxylation is 2. The molecule has 0 saturated heterocycles. The summed E-state index contributed by atoms with van der Waals surface area (Å²) in [6.45, 7) is 13.3. The summed E-state index contributed by atoms with van der Waals surface area (Å²) in [6, 6.07) is 3.99. The standard InChI is InChI=1S/C25H42O3/c1-19(2)13-11-9-7-8-10-12-16-28-23(26)15-14-21-17-20(3)24(27)22(18-21)25(4,5)6/h17-19,27H,7-16H2,1-6H3. The minimum Gasteiger partial charge on any atom is -0.507 e. The van der Waals surface area contributed by atoms with Crippen LogP contribution in [0.2, 0.25) is 0 Å². The van der Waals surface area contributed by atoms with Crippen molar-refractivity contribution in [3.05, 3.63) is 28.8 Å². The third-order valence-electron chi connectivity index (χ3n) is 5.22. The summed E-state index contributed by atoms with van der Waals surface area (Å²) >= 11 is 0. The quantitative estimate of drug-likeness (QED) is 0.313. The van der Waals surface area contributed by atoms with Gasteiger partial charge in [0.05, 0.1) is 6.61 Å². The van der Waals surface area contributed by atoms with Crippen LogP contribution in [-0.2, 0) is 21.4 Å². The number of carbonyl (C=O) groups excluding carboxylic acids is 1. The predicted octanol–water partition coefficient (Wildman–Crippen LogP) is 6.86. The van der Waals surface area contributed by atoms with Crippen molar-refractivity contribution in [2.75, 3.05) is 6.61 Å². The molecule has 3 heteroatoms. The van der Waals surface area contributed by atoms with Crippen molar-refractivity contribution >= 4 is 5.97 Å². The molecule has 0 aliphatic carbocycles. The Hall–Kier alpha value is -1.51. The first kappa shape index (κ1) is 24.5. The summed E-state index contributed by atoms with van der Waals surface area (Å²) < 4.78 is 5.39. The molecule has 3 nitrogen and oxygen atoms in total. The zero-order valence-electron chi connectivity index (χ0n) is 19.1. The van der Waals surface area contributed by atoms with Gasteiger partial charge in [-0.2, -0.15) is 0 Å². The molecule has 28 heavy (non-hydrogen) atoms. The second-order valence-electron chi connectivity index (χ2n) is 9.58. The van der Waals surface area contributed by atoms with Crippen LogP contribution in [-0.4, -0.2) is 17.7 Å². The van der Waals surface area contributed by atoms with Crippen molar-refractivity contribution in [1.82, 2.24) is 0 Å². The molecule has 0 aliphatic heterocycles. The number of rotatable bonds is 12. The highest BCUT2D eigenvalue weighted by molar-refractivity contribution is 5.69. The van der Waals surface area contributed by atoms with Gasteiger partial charge in [0.2, 0.25) is 0 Å². The lowest BCUT2D eigenvalue weighted by atomic mass is 9.83. The zero-order chi connectivity index (χ0) is 21.2. The Kier molecular flexibility index (Phi) is 10.6. The average molecular weight is 391 g/mol. The Morgan fingerprint density at radius 3 is 2.25 bits per heavy atom. The molecule has 0 amide bonds. The summed E-state index contributed by atoms with van der Waals surface area (Å²) in [4.78, 5) is 12.0. The molecule has 0 bridgehead atoms. The molecular weight excluding hydrogens is 348 g/mol. The SMILES string of the molecule is Cc1cc(CCC(=O)OCCCCCCCCC(C)C)cc(C(C)(C)C)c1O. The predicted molar refractivity (Wildman–Crippen MR) is 118 cm³/mol. The van der Waals surface area contributed by atoms with Crippen LogP contribution in [0.4, 0.5) is 0 Å². The Bertz CT molecular complexity index is 597. The molecule has 1 N–H and O–H groups in total. The van der Waals surface area contributed by atoms with Crippen molar-refractivity contribution in [2.24, 2.45) is 5.92 Å². The number of phenolic OH excluding ortho intramolecular Hbond substituents is 1. The molecule has 0 saturated carbocycles. The Labute approximate surface area is 172 Å². The molecular formula is C25H42O3. The van der Waals surface area contributed by atoms with Gasteiger partial charge in [0.15, 0.2) is 0 Å². The van der Waals surface area contributed by atoms with E-state index >= 15 is 0 Å². The van der Waals surface area contributed by atoms with E-state index in [1.165, 1.54) is 32.1 Å². The molecule has 0 radical (unpaired) electrons. The van der Waals surface area contributed by atoms with Crippen molar-refractivity contribution in [2.45, 2.75) is 105 Å². The summed E-state index contributed by atoms with van der Waals surface area (Å²) in [5.74, 6) is 1.05. The number of hydrogen-bond acceptors (Lipinski definition) is 3. The molecule has 0 spiro atoms. The third kappa shape index (κ3) is 9.61. The van der Waals surface area contributed by atoms with Crippen molar-refractivity contribution in [3.8, 4) is 5.75 Å². The number of benzene rings is 1. The van der Waals surface area contributed by atoms with E-state index < -0.39 is 0 Å². The number of phenols is 1. The van der Waals surface area contributed by atoms with Crippen molar-refractivity contribution < 1.29 is 14.6 Å². The van der Waals surface area contributed by atoms with E-state index in [9.17, 15) is 9.90 Å². The maximum atomic E-state index is 12.0. The highest BCUT2D eigenvalue weighted by Gasteiger charge is 2.20. The van der Waals surface area contributed by atoms with Crippen LogP contribution >= 0.6 is 0 Å². The lowest BCUT2D eigenvalue weighted by Gasteiger charge is -2.22. The van der Waals surface area contributed by atoms with Gasteiger partial charge < -0.3 is 9.84 Å². The lowest BCUT2D eigenvalue weighted by molar-refractivity contribution is -0.143. The van der Waals surface area contributed by atoms with Gasteiger partial charge in [-0.3, -0.25) is 4.79 Å². The fourth-order valence-electron chi connectivity index (χ4n) is 3.44. The zero-order valence-corrected chi connectivity index (χ0v) is 19.1. The monoisotopic (exact) mass is 390 g/mol. The smallest absolute Gasteiger partial charge is 0.306 e. The highest BCUT2D eigenvalue weighted by atomic mass is 16.5. The summed E-state index contributed by atoms with van der Waals surface area (Å²) in [7, 11) is 0. The van der Waals surface area contributed by atoms with E-state index in [0.29, 0.717) is 25.2 Å². The van der Waals surface area contributed by atoms with Gasteiger partial charge in [0.1, 0.15) is 5.75 Å². The number of esters is 1. The molecule has 1 rings (SSSR count). The van der Waals surface area contributed by atoms with Gasteiger partial charge in [0.25, 0.3) is 0 Å². The normalized spacial score (nSPS) is 11.8. The molecule has 0 aromatic heterocycles. The van der Waals surface area contributed by atoms with E-state index in [1.54, 1.807) is 0 Å². The minimum atomic E-state index is -0.125. The van der Waals surface area contributed by atoms with Crippen molar-refractivity contribution in [1.29, 1.82) is 0 Å². The fourth-order valence-corrected chi connectivity index (χ4v) is 3.44. The topological polar surface area (TPSA) is 46.5 Å². The van der Waals surface area contributed by atoms with E-state index in [4.69, 9.17) is 4.74 Å².